The van der Waals surface area contributed by atoms with E-state index in [-0.39, 0.29) is 17.3 Å². The van der Waals surface area contributed by atoms with Crippen LogP contribution in [-0.2, 0) is 7.05 Å². The fraction of sp³-hybridized carbons (Fsp3) is 0.214. The molecule has 2 N–H and O–H groups in total. The number of aromatic nitrogens is 2. The summed E-state index contributed by atoms with van der Waals surface area (Å²) in [5.74, 6) is -1.49. The van der Waals surface area contributed by atoms with Crippen LogP contribution in [-0.4, -0.2) is 26.8 Å². The van der Waals surface area contributed by atoms with E-state index in [1.54, 1.807) is 6.07 Å². The fourth-order valence-electron chi connectivity index (χ4n) is 2.04. The summed E-state index contributed by atoms with van der Waals surface area (Å²) in [5, 5.41) is 15.5. The molecule has 1 amide bonds. The first-order valence-electron chi connectivity index (χ1n) is 6.04. The van der Waals surface area contributed by atoms with Crippen LogP contribution in [0.4, 0.5) is 5.69 Å². The number of aromatic carboxylic acids is 1. The average Bonchev–Trinajstić information content (AvgIpc) is 2.70. The first kappa shape index (κ1) is 13.8. The Balaban J connectivity index is 2.31. The van der Waals surface area contributed by atoms with E-state index in [2.05, 4.69) is 10.4 Å². The maximum absolute atomic E-state index is 12.2. The second kappa shape index (κ2) is 5.16. The number of carboxylic acids is 1. The minimum absolute atomic E-state index is 0.0527. The molecule has 0 fully saturated rings. The number of carbonyl (C=O) groups is 2. The predicted octanol–water partition coefficient (Wildman–Crippen LogP) is 1.99. The van der Waals surface area contributed by atoms with Gasteiger partial charge >= 0.3 is 5.97 Å². The highest BCUT2D eigenvalue weighted by Crippen LogP contribution is 2.17. The van der Waals surface area contributed by atoms with Gasteiger partial charge in [0.2, 0.25) is 0 Å². The van der Waals surface area contributed by atoms with E-state index in [0.717, 1.165) is 11.1 Å². The maximum atomic E-state index is 12.2. The topological polar surface area (TPSA) is 84.2 Å². The zero-order valence-corrected chi connectivity index (χ0v) is 11.5. The van der Waals surface area contributed by atoms with Gasteiger partial charge in [-0.2, -0.15) is 5.10 Å². The highest BCUT2D eigenvalue weighted by molar-refractivity contribution is 6.07. The molecule has 0 aliphatic heterocycles. The molecule has 20 heavy (non-hydrogen) atoms. The normalized spacial score (nSPS) is 10.3. The van der Waals surface area contributed by atoms with Crippen LogP contribution in [0, 0.1) is 13.8 Å². The molecule has 104 valence electrons. The van der Waals surface area contributed by atoms with Gasteiger partial charge in [-0.25, -0.2) is 4.79 Å². The maximum Gasteiger partial charge on any atom is 0.356 e. The molecule has 0 aliphatic carbocycles. The van der Waals surface area contributed by atoms with Crippen molar-refractivity contribution in [2.75, 3.05) is 5.32 Å². The van der Waals surface area contributed by atoms with E-state index in [4.69, 9.17) is 5.11 Å². The minimum atomic E-state index is -1.14. The number of rotatable bonds is 3. The molecule has 0 bridgehead atoms. The van der Waals surface area contributed by atoms with Crippen molar-refractivity contribution in [1.29, 1.82) is 0 Å². The Labute approximate surface area is 116 Å². The van der Waals surface area contributed by atoms with Gasteiger partial charge < -0.3 is 10.4 Å². The Bertz CT molecular complexity index is 689. The van der Waals surface area contributed by atoms with E-state index < -0.39 is 5.97 Å². The molecule has 2 aromatic rings. The molecule has 0 aliphatic rings. The van der Waals surface area contributed by atoms with Crippen molar-refractivity contribution in [3.05, 3.63) is 46.8 Å². The van der Waals surface area contributed by atoms with Crippen molar-refractivity contribution < 1.29 is 14.7 Å². The summed E-state index contributed by atoms with van der Waals surface area (Å²) in [7, 11) is 1.51. The summed E-state index contributed by atoms with van der Waals surface area (Å²) < 4.78 is 1.21. The van der Waals surface area contributed by atoms with Crippen LogP contribution < -0.4 is 5.32 Å². The number of hydrogen-bond donors (Lipinski definition) is 2. The summed E-state index contributed by atoms with van der Waals surface area (Å²) in [6.45, 7) is 3.78. The molecular formula is C14H15N3O3. The zero-order valence-electron chi connectivity index (χ0n) is 11.5. The Morgan fingerprint density at radius 2 is 2.00 bits per heavy atom. The number of nitrogens with zero attached hydrogens (tertiary/aromatic N) is 2. The molecule has 0 atom stereocenters. The van der Waals surface area contributed by atoms with Crippen LogP contribution in [0.5, 0.6) is 0 Å². The van der Waals surface area contributed by atoms with Gasteiger partial charge in [-0.3, -0.25) is 9.48 Å². The second-order valence-corrected chi connectivity index (χ2v) is 4.61. The highest BCUT2D eigenvalue weighted by Gasteiger charge is 2.18. The monoisotopic (exact) mass is 273 g/mol. The lowest BCUT2D eigenvalue weighted by atomic mass is 10.1. The third kappa shape index (κ3) is 2.54. The number of hydrogen-bond acceptors (Lipinski definition) is 3. The van der Waals surface area contributed by atoms with E-state index >= 15 is 0 Å². The van der Waals surface area contributed by atoms with Gasteiger partial charge in [-0.1, -0.05) is 17.7 Å². The first-order chi connectivity index (χ1) is 9.40. The van der Waals surface area contributed by atoms with Gasteiger partial charge in [-0.05, 0) is 25.5 Å². The van der Waals surface area contributed by atoms with Crippen molar-refractivity contribution in [1.82, 2.24) is 9.78 Å². The van der Waals surface area contributed by atoms with Crippen molar-refractivity contribution >= 4 is 17.6 Å². The third-order valence-corrected chi connectivity index (χ3v) is 3.02. The van der Waals surface area contributed by atoms with Crippen LogP contribution in [0.25, 0.3) is 0 Å². The van der Waals surface area contributed by atoms with Crippen molar-refractivity contribution in [3.63, 3.8) is 0 Å². The Hall–Kier alpha value is -2.63. The number of aryl methyl sites for hydroxylation is 3. The zero-order chi connectivity index (χ0) is 14.9. The van der Waals surface area contributed by atoms with E-state index in [0.29, 0.717) is 5.56 Å². The summed E-state index contributed by atoms with van der Waals surface area (Å²) >= 11 is 0. The number of amides is 1. The van der Waals surface area contributed by atoms with Gasteiger partial charge in [0.15, 0.2) is 5.69 Å². The molecule has 2 rings (SSSR count). The Morgan fingerprint density at radius 3 is 2.60 bits per heavy atom. The SMILES string of the molecule is Cc1ccc(C(=O)Nc2cnn(C)c2C(=O)O)c(C)c1. The van der Waals surface area contributed by atoms with E-state index in [1.807, 2.05) is 26.0 Å². The molecular weight excluding hydrogens is 258 g/mol. The molecule has 0 unspecified atom stereocenters. The minimum Gasteiger partial charge on any atom is -0.476 e. The molecule has 0 saturated carbocycles. The lowest BCUT2D eigenvalue weighted by Crippen LogP contribution is -2.16. The quantitative estimate of drug-likeness (QED) is 0.895. The number of carboxylic acid groups (broad SMARTS) is 1. The molecule has 0 saturated heterocycles. The number of benzene rings is 1. The Morgan fingerprint density at radius 1 is 1.30 bits per heavy atom. The molecule has 6 nitrogen and oxygen atoms in total. The second-order valence-electron chi connectivity index (χ2n) is 4.61. The molecule has 1 heterocycles. The summed E-state index contributed by atoms with van der Waals surface area (Å²) in [6, 6.07) is 5.45. The van der Waals surface area contributed by atoms with Crippen LogP contribution in [0.3, 0.4) is 0 Å². The van der Waals surface area contributed by atoms with Crippen molar-refractivity contribution in [3.8, 4) is 0 Å². The fourth-order valence-corrected chi connectivity index (χ4v) is 2.04. The molecule has 1 aromatic heterocycles. The van der Waals surface area contributed by atoms with Crippen LogP contribution in [0.15, 0.2) is 24.4 Å². The van der Waals surface area contributed by atoms with Gasteiger partial charge in [0.05, 0.1) is 11.9 Å². The summed E-state index contributed by atoms with van der Waals surface area (Å²) in [4.78, 5) is 23.3. The molecule has 1 aromatic carbocycles. The average molecular weight is 273 g/mol. The number of carbonyl (C=O) groups excluding carboxylic acids is 1. The largest absolute Gasteiger partial charge is 0.476 e. The summed E-state index contributed by atoms with van der Waals surface area (Å²) in [6.07, 6.45) is 1.32. The smallest absolute Gasteiger partial charge is 0.356 e. The van der Waals surface area contributed by atoms with Crippen molar-refractivity contribution in [2.24, 2.45) is 7.05 Å². The van der Waals surface area contributed by atoms with Crippen LogP contribution in [0.1, 0.15) is 32.0 Å². The standard InChI is InChI=1S/C14H15N3O3/c1-8-4-5-10(9(2)6-8)13(18)16-11-7-15-17(3)12(11)14(19)20/h4-7H,1-3H3,(H,16,18)(H,19,20). The van der Waals surface area contributed by atoms with Gasteiger partial charge in [-0.15, -0.1) is 0 Å². The Kier molecular flexibility index (Phi) is 3.56. The lowest BCUT2D eigenvalue weighted by Gasteiger charge is -2.08. The van der Waals surface area contributed by atoms with Crippen LogP contribution in [0.2, 0.25) is 0 Å². The molecule has 0 radical (unpaired) electrons. The van der Waals surface area contributed by atoms with E-state index in [9.17, 15) is 9.59 Å². The number of anilines is 1. The van der Waals surface area contributed by atoms with E-state index in [1.165, 1.54) is 17.9 Å². The lowest BCUT2D eigenvalue weighted by molar-refractivity contribution is 0.0686. The first-order valence-corrected chi connectivity index (χ1v) is 6.04. The van der Waals surface area contributed by atoms with Gasteiger partial charge in [0, 0.05) is 12.6 Å². The van der Waals surface area contributed by atoms with Crippen molar-refractivity contribution in [2.45, 2.75) is 13.8 Å². The third-order valence-electron chi connectivity index (χ3n) is 3.02. The van der Waals surface area contributed by atoms with Gasteiger partial charge in [0.1, 0.15) is 0 Å². The van der Waals surface area contributed by atoms with Gasteiger partial charge in [0.25, 0.3) is 5.91 Å². The predicted molar refractivity (Wildman–Crippen MR) is 74.0 cm³/mol. The van der Waals surface area contributed by atoms with Crippen LogP contribution >= 0.6 is 0 Å². The molecule has 6 heteroatoms. The molecule has 0 spiro atoms. The highest BCUT2D eigenvalue weighted by atomic mass is 16.4. The number of nitrogens with one attached hydrogen (secondary N) is 1. The summed E-state index contributed by atoms with van der Waals surface area (Å²) in [5.41, 5.74) is 2.54.